The fraction of sp³-hybridized carbons (Fsp3) is 0.750. The van der Waals surface area contributed by atoms with Gasteiger partial charge in [-0.2, -0.15) is 15.0 Å². The van der Waals surface area contributed by atoms with Crippen molar-refractivity contribution in [3.8, 4) is 0 Å². The summed E-state index contributed by atoms with van der Waals surface area (Å²) >= 11 is 5.92. The van der Waals surface area contributed by atoms with Crippen LogP contribution in [0.2, 0.25) is 5.28 Å². The van der Waals surface area contributed by atoms with Gasteiger partial charge in [0.2, 0.25) is 17.2 Å². The number of nitrogens with zero attached hydrogens (tertiary/aromatic N) is 4. The third-order valence-corrected chi connectivity index (χ3v) is 3.95. The molecule has 1 aromatic heterocycles. The number of nitrogens with one attached hydrogen (secondary N) is 1. The molecule has 0 amide bonds. The minimum absolute atomic E-state index is 0.231. The standard InChI is InChI=1S/C12H20ClN5/c1-7-5-6-9(8(7)2)14-11-15-10(13)16-12(17-11)18(3)4/h7-9H,5-6H2,1-4H3,(H,14,15,16,17). The number of hydrogen-bond acceptors (Lipinski definition) is 5. The maximum absolute atomic E-state index is 5.92. The molecule has 3 atom stereocenters. The number of anilines is 2. The largest absolute Gasteiger partial charge is 0.351 e. The monoisotopic (exact) mass is 269 g/mol. The molecule has 1 aliphatic carbocycles. The second-order valence-electron chi connectivity index (χ2n) is 5.29. The minimum atomic E-state index is 0.231. The summed E-state index contributed by atoms with van der Waals surface area (Å²) < 4.78 is 0. The smallest absolute Gasteiger partial charge is 0.230 e. The SMILES string of the molecule is CC1CCC(Nc2nc(Cl)nc(N(C)C)n2)C1C. The molecule has 1 heterocycles. The molecule has 1 aromatic rings. The third kappa shape index (κ3) is 2.83. The summed E-state index contributed by atoms with van der Waals surface area (Å²) in [6.45, 7) is 4.56. The second kappa shape index (κ2) is 5.26. The molecule has 0 radical (unpaired) electrons. The summed E-state index contributed by atoms with van der Waals surface area (Å²) in [4.78, 5) is 14.4. The summed E-state index contributed by atoms with van der Waals surface area (Å²) in [6.07, 6.45) is 2.40. The van der Waals surface area contributed by atoms with Crippen LogP contribution in [-0.4, -0.2) is 35.1 Å². The van der Waals surface area contributed by atoms with Crippen LogP contribution in [0.15, 0.2) is 0 Å². The first-order valence-electron chi connectivity index (χ1n) is 6.33. The number of halogens is 1. The molecule has 1 N–H and O–H groups in total. The van der Waals surface area contributed by atoms with Gasteiger partial charge in [0.1, 0.15) is 0 Å². The van der Waals surface area contributed by atoms with E-state index in [1.165, 1.54) is 6.42 Å². The predicted octanol–water partition coefficient (Wildman–Crippen LogP) is 2.44. The van der Waals surface area contributed by atoms with Crippen molar-refractivity contribution in [3.05, 3.63) is 5.28 Å². The van der Waals surface area contributed by atoms with Crippen molar-refractivity contribution >= 4 is 23.5 Å². The van der Waals surface area contributed by atoms with E-state index in [1.807, 2.05) is 19.0 Å². The predicted molar refractivity (Wildman–Crippen MR) is 74.1 cm³/mol. The molecule has 3 unspecified atom stereocenters. The van der Waals surface area contributed by atoms with E-state index in [1.54, 1.807) is 0 Å². The van der Waals surface area contributed by atoms with Crippen LogP contribution < -0.4 is 10.2 Å². The maximum Gasteiger partial charge on any atom is 0.230 e. The van der Waals surface area contributed by atoms with E-state index >= 15 is 0 Å². The Hall–Kier alpha value is -1.10. The van der Waals surface area contributed by atoms with Crippen molar-refractivity contribution in [2.75, 3.05) is 24.3 Å². The normalized spacial score (nSPS) is 27.3. The van der Waals surface area contributed by atoms with E-state index < -0.39 is 0 Å². The molecule has 0 bridgehead atoms. The first-order valence-corrected chi connectivity index (χ1v) is 6.70. The van der Waals surface area contributed by atoms with Gasteiger partial charge in [-0.1, -0.05) is 13.8 Å². The Morgan fingerprint density at radius 2 is 1.89 bits per heavy atom. The lowest BCUT2D eigenvalue weighted by molar-refractivity contribution is 0.434. The van der Waals surface area contributed by atoms with Gasteiger partial charge >= 0.3 is 0 Å². The zero-order valence-corrected chi connectivity index (χ0v) is 12.1. The summed E-state index contributed by atoms with van der Waals surface area (Å²) in [7, 11) is 3.77. The first kappa shape index (κ1) is 13.3. The molecule has 1 fully saturated rings. The zero-order valence-electron chi connectivity index (χ0n) is 11.3. The minimum Gasteiger partial charge on any atom is -0.351 e. The third-order valence-electron chi connectivity index (χ3n) is 3.78. The second-order valence-corrected chi connectivity index (χ2v) is 5.63. The van der Waals surface area contributed by atoms with Gasteiger partial charge in [-0.25, -0.2) is 0 Å². The Morgan fingerprint density at radius 1 is 1.17 bits per heavy atom. The van der Waals surface area contributed by atoms with E-state index in [4.69, 9.17) is 11.6 Å². The van der Waals surface area contributed by atoms with Gasteiger partial charge in [0.15, 0.2) is 0 Å². The van der Waals surface area contributed by atoms with Gasteiger partial charge in [0, 0.05) is 20.1 Å². The van der Waals surface area contributed by atoms with Gasteiger partial charge in [-0.05, 0) is 36.3 Å². The molecule has 6 heteroatoms. The van der Waals surface area contributed by atoms with Crippen LogP contribution in [0.4, 0.5) is 11.9 Å². The van der Waals surface area contributed by atoms with Crippen LogP contribution in [0.5, 0.6) is 0 Å². The van der Waals surface area contributed by atoms with Gasteiger partial charge in [0.25, 0.3) is 0 Å². The molecule has 0 aromatic carbocycles. The Bertz CT molecular complexity index is 423. The van der Waals surface area contributed by atoms with Crippen molar-refractivity contribution in [1.82, 2.24) is 15.0 Å². The average molecular weight is 270 g/mol. The van der Waals surface area contributed by atoms with Crippen LogP contribution in [0, 0.1) is 11.8 Å². The van der Waals surface area contributed by atoms with E-state index in [0.717, 1.165) is 12.3 Å². The van der Waals surface area contributed by atoms with Crippen molar-refractivity contribution in [1.29, 1.82) is 0 Å². The first-order chi connectivity index (χ1) is 8.47. The molecule has 1 aliphatic rings. The van der Waals surface area contributed by atoms with Crippen LogP contribution in [0.3, 0.4) is 0 Å². The lowest BCUT2D eigenvalue weighted by Gasteiger charge is -2.20. The van der Waals surface area contributed by atoms with Crippen LogP contribution in [0.1, 0.15) is 26.7 Å². The highest BCUT2D eigenvalue weighted by atomic mass is 35.5. The molecule has 0 saturated heterocycles. The Labute approximate surface area is 113 Å². The molecular formula is C12H20ClN5. The molecule has 2 rings (SSSR count). The van der Waals surface area contributed by atoms with Crippen molar-refractivity contribution < 1.29 is 0 Å². The van der Waals surface area contributed by atoms with Gasteiger partial charge in [-0.3, -0.25) is 0 Å². The molecule has 100 valence electrons. The quantitative estimate of drug-likeness (QED) is 0.913. The highest BCUT2D eigenvalue weighted by molar-refractivity contribution is 6.28. The molecule has 5 nitrogen and oxygen atoms in total. The number of rotatable bonds is 3. The summed E-state index contributed by atoms with van der Waals surface area (Å²) in [5.41, 5.74) is 0. The number of aromatic nitrogens is 3. The Kier molecular flexibility index (Phi) is 3.90. The topological polar surface area (TPSA) is 53.9 Å². The van der Waals surface area contributed by atoms with Crippen LogP contribution in [0.25, 0.3) is 0 Å². The van der Waals surface area contributed by atoms with Crippen LogP contribution >= 0.6 is 11.6 Å². The summed E-state index contributed by atoms with van der Waals surface area (Å²) in [5, 5.41) is 3.62. The van der Waals surface area contributed by atoms with Crippen molar-refractivity contribution in [2.24, 2.45) is 11.8 Å². The fourth-order valence-corrected chi connectivity index (χ4v) is 2.49. The van der Waals surface area contributed by atoms with E-state index in [-0.39, 0.29) is 5.28 Å². The van der Waals surface area contributed by atoms with Gasteiger partial charge < -0.3 is 10.2 Å². The summed E-state index contributed by atoms with van der Waals surface area (Å²) in [6, 6.07) is 0.425. The van der Waals surface area contributed by atoms with Crippen LogP contribution in [-0.2, 0) is 0 Å². The van der Waals surface area contributed by atoms with Gasteiger partial charge in [-0.15, -0.1) is 0 Å². The lowest BCUT2D eigenvalue weighted by atomic mass is 9.98. The zero-order chi connectivity index (χ0) is 13.3. The van der Waals surface area contributed by atoms with Crippen molar-refractivity contribution in [3.63, 3.8) is 0 Å². The maximum atomic E-state index is 5.92. The lowest BCUT2D eigenvalue weighted by Crippen LogP contribution is -2.26. The summed E-state index contributed by atoms with van der Waals surface area (Å²) in [5.74, 6) is 2.53. The molecule has 0 spiro atoms. The van der Waals surface area contributed by atoms with E-state index in [0.29, 0.717) is 23.9 Å². The fourth-order valence-electron chi connectivity index (χ4n) is 2.34. The highest BCUT2D eigenvalue weighted by Gasteiger charge is 2.30. The highest BCUT2D eigenvalue weighted by Crippen LogP contribution is 2.32. The molecule has 18 heavy (non-hydrogen) atoms. The Balaban J connectivity index is 2.14. The van der Waals surface area contributed by atoms with E-state index in [2.05, 4.69) is 34.1 Å². The molecule has 0 aliphatic heterocycles. The van der Waals surface area contributed by atoms with Crippen molar-refractivity contribution in [2.45, 2.75) is 32.7 Å². The average Bonchev–Trinajstić information content (AvgIpc) is 2.60. The van der Waals surface area contributed by atoms with Gasteiger partial charge in [0.05, 0.1) is 0 Å². The Morgan fingerprint density at radius 3 is 2.44 bits per heavy atom. The molecule has 1 saturated carbocycles. The molecular weight excluding hydrogens is 250 g/mol. The number of hydrogen-bond donors (Lipinski definition) is 1. The van der Waals surface area contributed by atoms with E-state index in [9.17, 15) is 0 Å².